The van der Waals surface area contributed by atoms with E-state index in [2.05, 4.69) is 0 Å². The van der Waals surface area contributed by atoms with E-state index in [9.17, 15) is 19.8 Å². The highest BCUT2D eigenvalue weighted by atomic mass is 16.7. The molecule has 0 saturated heterocycles. The molecule has 2 atom stereocenters. The molecule has 11 nitrogen and oxygen atoms in total. The molecular formula is C22H23N5O6. The third-order valence-electron chi connectivity index (χ3n) is 4.70. The molecule has 0 amide bonds. The number of benzene rings is 2. The average molecular weight is 453 g/mol. The van der Waals surface area contributed by atoms with Gasteiger partial charge >= 0.3 is 11.9 Å². The van der Waals surface area contributed by atoms with Gasteiger partial charge in [0.25, 0.3) is 0 Å². The molecule has 172 valence electrons. The number of nitrogen functional groups attached to an aromatic ring is 2. The minimum Gasteiger partial charge on any atom is -0.421 e. The van der Waals surface area contributed by atoms with E-state index in [1.54, 1.807) is 30.3 Å². The monoisotopic (exact) mass is 453 g/mol. The first-order chi connectivity index (χ1) is 15.5. The van der Waals surface area contributed by atoms with Crippen LogP contribution in [-0.4, -0.2) is 50.8 Å². The molecule has 0 aliphatic rings. The predicted octanol–water partition coefficient (Wildman–Crippen LogP) is 0.499. The van der Waals surface area contributed by atoms with Crippen molar-refractivity contribution >= 4 is 34.5 Å². The van der Waals surface area contributed by atoms with E-state index in [0.29, 0.717) is 5.56 Å². The van der Waals surface area contributed by atoms with Gasteiger partial charge in [-0.3, -0.25) is 10.8 Å². The van der Waals surface area contributed by atoms with Crippen LogP contribution in [0.2, 0.25) is 0 Å². The average Bonchev–Trinajstić information content (AvgIpc) is 3.06. The van der Waals surface area contributed by atoms with Gasteiger partial charge in [0.2, 0.25) is 0 Å². The molecule has 2 aromatic carbocycles. The number of rotatable bonds is 7. The Labute approximate surface area is 188 Å². The van der Waals surface area contributed by atoms with Gasteiger partial charge in [-0.25, -0.2) is 9.59 Å². The van der Waals surface area contributed by atoms with E-state index in [-0.39, 0.29) is 39.3 Å². The van der Waals surface area contributed by atoms with Crippen molar-refractivity contribution in [1.29, 1.82) is 10.8 Å². The second-order valence-electron chi connectivity index (χ2n) is 7.27. The Balaban J connectivity index is 2.52. The maximum Gasteiger partial charge on any atom is 0.360 e. The highest BCUT2D eigenvalue weighted by Crippen LogP contribution is 2.42. The summed E-state index contributed by atoms with van der Waals surface area (Å²) < 4.78 is 6.50. The van der Waals surface area contributed by atoms with Gasteiger partial charge in [0.1, 0.15) is 23.5 Å². The maximum atomic E-state index is 12.4. The third kappa shape index (κ3) is 4.54. The van der Waals surface area contributed by atoms with E-state index >= 15 is 0 Å². The summed E-state index contributed by atoms with van der Waals surface area (Å²) in [6, 6.07) is 11.2. The number of esters is 1. The second-order valence-corrected chi connectivity index (χ2v) is 7.27. The standard InChI is InChI=1S/C22H23N5O6/c1-10(28)21(30)32-18-16-14(20(25)26)8-13(19(23)24)9-15(16)27(33-22(31)11(2)29)17(18)12-6-4-3-5-7-12/h3-11,28-29H,1-2H3,(H3,23,24)(H3,25,26). The summed E-state index contributed by atoms with van der Waals surface area (Å²) in [5, 5.41) is 35.4. The van der Waals surface area contributed by atoms with Gasteiger partial charge in [-0.15, -0.1) is 0 Å². The van der Waals surface area contributed by atoms with Gasteiger partial charge in [-0.1, -0.05) is 30.3 Å². The van der Waals surface area contributed by atoms with E-state index in [1.165, 1.54) is 26.0 Å². The van der Waals surface area contributed by atoms with Crippen molar-refractivity contribution in [3.05, 3.63) is 53.6 Å². The summed E-state index contributed by atoms with van der Waals surface area (Å²) in [5.41, 5.74) is 12.3. The molecule has 1 heterocycles. The molecule has 3 aromatic rings. The zero-order chi connectivity index (χ0) is 24.4. The van der Waals surface area contributed by atoms with E-state index in [4.69, 9.17) is 31.9 Å². The van der Waals surface area contributed by atoms with Crippen LogP contribution >= 0.6 is 0 Å². The molecule has 2 unspecified atom stereocenters. The zero-order valence-electron chi connectivity index (χ0n) is 17.8. The van der Waals surface area contributed by atoms with Crippen molar-refractivity contribution in [3.63, 3.8) is 0 Å². The summed E-state index contributed by atoms with van der Waals surface area (Å²) in [6.07, 6.45) is -2.97. The van der Waals surface area contributed by atoms with Gasteiger partial charge in [0.05, 0.1) is 10.9 Å². The van der Waals surface area contributed by atoms with Crippen LogP contribution in [0.1, 0.15) is 25.0 Å². The van der Waals surface area contributed by atoms with Crippen LogP contribution < -0.4 is 21.0 Å². The Morgan fingerprint density at radius 3 is 2.09 bits per heavy atom. The van der Waals surface area contributed by atoms with Crippen LogP contribution in [0.3, 0.4) is 0 Å². The Morgan fingerprint density at radius 2 is 1.58 bits per heavy atom. The molecule has 0 saturated carbocycles. The van der Waals surface area contributed by atoms with Crippen LogP contribution in [-0.2, 0) is 9.59 Å². The first kappa shape index (κ1) is 23.4. The Morgan fingerprint density at radius 1 is 0.970 bits per heavy atom. The van der Waals surface area contributed by atoms with Crippen molar-refractivity contribution in [2.45, 2.75) is 26.1 Å². The highest BCUT2D eigenvalue weighted by molar-refractivity contribution is 6.15. The van der Waals surface area contributed by atoms with Crippen molar-refractivity contribution < 1.29 is 29.4 Å². The van der Waals surface area contributed by atoms with Gasteiger partial charge < -0.3 is 31.3 Å². The number of ether oxygens (including phenoxy) is 1. The molecule has 33 heavy (non-hydrogen) atoms. The molecular weight excluding hydrogens is 430 g/mol. The third-order valence-corrected chi connectivity index (χ3v) is 4.70. The number of fused-ring (bicyclic) bond motifs is 1. The minimum atomic E-state index is -1.49. The van der Waals surface area contributed by atoms with Crippen LogP contribution in [0.4, 0.5) is 0 Å². The molecule has 3 rings (SSSR count). The number of amidine groups is 2. The number of aromatic nitrogens is 1. The number of hydrogen-bond donors (Lipinski definition) is 6. The SMILES string of the molecule is CC(O)C(=O)Oc1c(-c2ccccc2)n(OC(=O)C(C)O)c2cc(C(=N)N)cc(C(=N)N)c12. The van der Waals surface area contributed by atoms with E-state index < -0.39 is 30.0 Å². The van der Waals surface area contributed by atoms with Crippen LogP contribution in [0.5, 0.6) is 5.75 Å². The van der Waals surface area contributed by atoms with Crippen LogP contribution in [0.25, 0.3) is 22.2 Å². The Bertz CT molecular complexity index is 1260. The predicted molar refractivity (Wildman–Crippen MR) is 120 cm³/mol. The van der Waals surface area contributed by atoms with Crippen molar-refractivity contribution in [1.82, 2.24) is 4.73 Å². The van der Waals surface area contributed by atoms with Gasteiger partial charge in [-0.2, -0.15) is 4.73 Å². The summed E-state index contributed by atoms with van der Waals surface area (Å²) in [5.74, 6) is -2.94. The van der Waals surface area contributed by atoms with Gasteiger partial charge in [0.15, 0.2) is 11.9 Å². The lowest BCUT2D eigenvalue weighted by atomic mass is 10.0. The lowest BCUT2D eigenvalue weighted by molar-refractivity contribution is -0.152. The summed E-state index contributed by atoms with van der Waals surface area (Å²) in [6.45, 7) is 2.43. The number of carbonyl (C=O) groups is 2. The molecule has 0 spiro atoms. The lowest BCUT2D eigenvalue weighted by Gasteiger charge is -2.13. The maximum absolute atomic E-state index is 12.4. The van der Waals surface area contributed by atoms with Crippen LogP contribution in [0, 0.1) is 10.8 Å². The quantitative estimate of drug-likeness (QED) is 0.169. The second kappa shape index (κ2) is 9.10. The number of hydrogen-bond acceptors (Lipinski definition) is 8. The molecule has 0 bridgehead atoms. The highest BCUT2D eigenvalue weighted by Gasteiger charge is 2.30. The largest absolute Gasteiger partial charge is 0.421 e. The lowest BCUT2D eigenvalue weighted by Crippen LogP contribution is -2.29. The van der Waals surface area contributed by atoms with Gasteiger partial charge in [0, 0.05) is 16.7 Å². The van der Waals surface area contributed by atoms with E-state index in [1.807, 2.05) is 0 Å². The van der Waals surface area contributed by atoms with Crippen molar-refractivity contribution in [2.24, 2.45) is 11.5 Å². The van der Waals surface area contributed by atoms with E-state index in [0.717, 1.165) is 4.73 Å². The number of nitrogens with one attached hydrogen (secondary N) is 2. The van der Waals surface area contributed by atoms with Crippen molar-refractivity contribution in [2.75, 3.05) is 0 Å². The first-order valence-corrected chi connectivity index (χ1v) is 9.79. The smallest absolute Gasteiger partial charge is 0.360 e. The molecule has 0 aliphatic carbocycles. The number of aliphatic hydroxyl groups excluding tert-OH is 2. The molecule has 1 aromatic heterocycles. The number of nitrogens with zero attached hydrogens (tertiary/aromatic N) is 1. The molecule has 11 heteroatoms. The van der Waals surface area contributed by atoms with Crippen LogP contribution in [0.15, 0.2) is 42.5 Å². The molecule has 0 fully saturated rings. The fourth-order valence-corrected chi connectivity index (χ4v) is 3.12. The first-order valence-electron chi connectivity index (χ1n) is 9.79. The number of aliphatic hydroxyl groups is 2. The number of nitrogens with two attached hydrogens (primary N) is 2. The molecule has 0 aliphatic heterocycles. The molecule has 8 N–H and O–H groups in total. The fourth-order valence-electron chi connectivity index (χ4n) is 3.12. The minimum absolute atomic E-state index is 0.0510. The Hall–Kier alpha value is -4.22. The summed E-state index contributed by atoms with van der Waals surface area (Å²) >= 11 is 0. The normalized spacial score (nSPS) is 12.7. The Kier molecular flexibility index (Phi) is 6.47. The zero-order valence-corrected chi connectivity index (χ0v) is 17.8. The molecule has 0 radical (unpaired) electrons. The number of carbonyl (C=O) groups excluding carboxylic acids is 2. The summed E-state index contributed by atoms with van der Waals surface area (Å²) in [4.78, 5) is 30.1. The fraction of sp³-hybridized carbons (Fsp3) is 0.182. The summed E-state index contributed by atoms with van der Waals surface area (Å²) in [7, 11) is 0. The van der Waals surface area contributed by atoms with Crippen molar-refractivity contribution in [3.8, 4) is 17.0 Å². The topological polar surface area (TPSA) is 198 Å². The van der Waals surface area contributed by atoms with Gasteiger partial charge in [-0.05, 0) is 26.0 Å².